The van der Waals surface area contributed by atoms with Crippen molar-refractivity contribution in [2.24, 2.45) is 11.8 Å². The van der Waals surface area contributed by atoms with Crippen LogP contribution >= 0.6 is 0 Å². The van der Waals surface area contributed by atoms with Crippen LogP contribution in [0.15, 0.2) is 30.3 Å². The average Bonchev–Trinajstić information content (AvgIpc) is 3.69. The Morgan fingerprint density at radius 3 is 2.02 bits per heavy atom. The molecule has 6 atom stereocenters. The summed E-state index contributed by atoms with van der Waals surface area (Å²) in [6, 6.07) is 9.36. The molecule has 264 valence electrons. The van der Waals surface area contributed by atoms with Gasteiger partial charge in [-0.05, 0) is 122 Å². The number of aromatic nitrogens is 4. The Morgan fingerprint density at radius 2 is 1.39 bits per heavy atom. The van der Waals surface area contributed by atoms with E-state index in [1.165, 1.54) is 6.07 Å². The summed E-state index contributed by atoms with van der Waals surface area (Å²) in [5.41, 5.74) is 5.27. The highest BCUT2D eigenvalue weighted by atomic mass is 19.1. The van der Waals surface area contributed by atoms with E-state index in [1.807, 2.05) is 58.6 Å². The molecule has 9 rings (SSSR count). The van der Waals surface area contributed by atoms with Gasteiger partial charge in [0.25, 0.3) is 0 Å². The summed E-state index contributed by atoms with van der Waals surface area (Å²) in [7, 11) is 0. The zero-order valence-electron chi connectivity index (χ0n) is 29.9. The van der Waals surface area contributed by atoms with Crippen LogP contribution in [0.5, 0.6) is 0 Å². The number of amides is 2. The first-order chi connectivity index (χ1) is 24.2. The van der Waals surface area contributed by atoms with Gasteiger partial charge in [0, 0.05) is 34.5 Å². The minimum Gasteiger partial charge on any atom is -0.444 e. The van der Waals surface area contributed by atoms with Crippen molar-refractivity contribution < 1.29 is 23.5 Å². The van der Waals surface area contributed by atoms with Crippen LogP contribution in [0.2, 0.25) is 0 Å². The molecule has 2 saturated heterocycles. The third-order valence-electron chi connectivity index (χ3n) is 10.8. The summed E-state index contributed by atoms with van der Waals surface area (Å²) in [5, 5.41) is 0. The van der Waals surface area contributed by atoms with Crippen LogP contribution in [0.3, 0.4) is 0 Å². The number of benzene rings is 2. The molecule has 3 aliphatic carbocycles. The Bertz CT molecular complexity index is 2180. The fourth-order valence-corrected chi connectivity index (χ4v) is 8.38. The number of imidazole rings is 2. The fourth-order valence-electron chi connectivity index (χ4n) is 8.38. The lowest BCUT2D eigenvalue weighted by Crippen LogP contribution is -2.38. The second-order valence-corrected chi connectivity index (χ2v) is 17.0. The summed E-state index contributed by atoms with van der Waals surface area (Å²) in [4.78, 5) is 46.4. The van der Waals surface area contributed by atoms with E-state index in [-0.39, 0.29) is 41.9 Å². The van der Waals surface area contributed by atoms with Gasteiger partial charge in [0.2, 0.25) is 0 Å². The maximum atomic E-state index is 15.4. The normalized spacial score (nSPS) is 25.8. The highest BCUT2D eigenvalue weighted by Crippen LogP contribution is 2.55. The van der Waals surface area contributed by atoms with Crippen LogP contribution in [0.25, 0.3) is 22.3 Å². The number of nitrogens with one attached hydrogen (secondary N) is 2. The number of aromatic amines is 2. The lowest BCUT2D eigenvalue weighted by atomic mass is 9.91. The summed E-state index contributed by atoms with van der Waals surface area (Å²) < 4.78 is 26.8. The molecule has 0 radical (unpaired) electrons. The van der Waals surface area contributed by atoms with Crippen molar-refractivity contribution in [1.29, 1.82) is 0 Å². The first kappa shape index (κ1) is 32.1. The second kappa shape index (κ2) is 11.1. The van der Waals surface area contributed by atoms with Crippen LogP contribution in [0.1, 0.15) is 113 Å². The Kier molecular flexibility index (Phi) is 6.97. The monoisotopic (exact) mass is 690 g/mol. The van der Waals surface area contributed by atoms with E-state index in [4.69, 9.17) is 14.5 Å². The largest absolute Gasteiger partial charge is 0.444 e. The van der Waals surface area contributed by atoms with E-state index in [0.717, 1.165) is 72.4 Å². The predicted molar refractivity (Wildman–Crippen MR) is 188 cm³/mol. The SMILES string of the molecule is CC(C)(C)OC(=O)N1[C@@H]2C[C@@H]2C[C@H]1c1nc2c([nH]1)CCc1cc(C#Cc3cc(F)c4nc([C@@H]5C[C@H]6C[C@H]6N5C(=O)OC(C)(C)C)[nH]c4c3)ccc1-2. The molecule has 0 spiro atoms. The smallest absolute Gasteiger partial charge is 0.411 e. The topological polar surface area (TPSA) is 116 Å². The summed E-state index contributed by atoms with van der Waals surface area (Å²) in [6.45, 7) is 11.3. The van der Waals surface area contributed by atoms with Crippen molar-refractivity contribution in [3.63, 3.8) is 0 Å². The zero-order valence-corrected chi connectivity index (χ0v) is 29.9. The first-order valence-corrected chi connectivity index (χ1v) is 18.1. The first-order valence-electron chi connectivity index (χ1n) is 18.1. The lowest BCUT2D eigenvalue weighted by Gasteiger charge is -2.29. The van der Waals surface area contributed by atoms with E-state index in [1.54, 1.807) is 4.90 Å². The maximum absolute atomic E-state index is 15.4. The van der Waals surface area contributed by atoms with Crippen molar-refractivity contribution in [1.82, 2.24) is 29.7 Å². The molecule has 2 aromatic carbocycles. The van der Waals surface area contributed by atoms with Crippen molar-refractivity contribution in [3.05, 3.63) is 70.2 Å². The van der Waals surface area contributed by atoms with E-state index < -0.39 is 17.0 Å². The molecule has 4 fully saturated rings. The Labute approximate surface area is 296 Å². The number of carbonyl (C=O) groups excluding carboxylic acids is 2. The third-order valence-corrected chi connectivity index (χ3v) is 10.8. The van der Waals surface area contributed by atoms with Gasteiger partial charge in [0.1, 0.15) is 28.4 Å². The van der Waals surface area contributed by atoms with E-state index in [2.05, 4.69) is 38.9 Å². The Balaban J connectivity index is 0.941. The number of halogens is 1. The fraction of sp³-hybridized carbons (Fsp3) is 0.500. The number of hydrogen-bond acceptors (Lipinski definition) is 6. The molecule has 2 amide bonds. The number of rotatable bonds is 2. The lowest BCUT2D eigenvalue weighted by molar-refractivity contribution is 0.0164. The van der Waals surface area contributed by atoms with Crippen LogP contribution < -0.4 is 0 Å². The summed E-state index contributed by atoms with van der Waals surface area (Å²) in [5.74, 6) is 8.27. The Hall–Kier alpha value is -4.85. The van der Waals surface area contributed by atoms with Gasteiger partial charge in [-0.2, -0.15) is 0 Å². The number of carbonyl (C=O) groups is 2. The zero-order chi connectivity index (χ0) is 35.6. The number of ether oxygens (including phenoxy) is 2. The van der Waals surface area contributed by atoms with Gasteiger partial charge in [0.05, 0.1) is 23.3 Å². The van der Waals surface area contributed by atoms with Gasteiger partial charge in [-0.15, -0.1) is 0 Å². The average molecular weight is 691 g/mol. The molecule has 2 saturated carbocycles. The van der Waals surface area contributed by atoms with E-state index in [0.29, 0.717) is 28.7 Å². The number of H-pyrrole nitrogens is 2. The maximum Gasteiger partial charge on any atom is 0.411 e. The molecule has 5 aliphatic rings. The molecule has 0 bridgehead atoms. The molecule has 2 N–H and O–H groups in total. The molecule has 4 aromatic rings. The number of hydrogen-bond donors (Lipinski definition) is 2. The highest BCUT2D eigenvalue weighted by molar-refractivity contribution is 5.79. The quantitative estimate of drug-likeness (QED) is 0.208. The molecule has 10 nitrogen and oxygen atoms in total. The van der Waals surface area contributed by atoms with Gasteiger partial charge >= 0.3 is 12.2 Å². The van der Waals surface area contributed by atoms with E-state index in [9.17, 15) is 9.59 Å². The van der Waals surface area contributed by atoms with Gasteiger partial charge in [-0.1, -0.05) is 17.9 Å². The predicted octanol–water partition coefficient (Wildman–Crippen LogP) is 7.73. The van der Waals surface area contributed by atoms with Gasteiger partial charge in [-0.3, -0.25) is 9.80 Å². The van der Waals surface area contributed by atoms with Crippen molar-refractivity contribution >= 4 is 23.2 Å². The number of aryl methyl sites for hydroxylation is 2. The summed E-state index contributed by atoms with van der Waals surface area (Å²) >= 11 is 0. The van der Waals surface area contributed by atoms with Crippen LogP contribution in [0, 0.1) is 29.5 Å². The number of nitrogens with zero attached hydrogens (tertiary/aromatic N) is 4. The highest BCUT2D eigenvalue weighted by Gasteiger charge is 2.57. The molecule has 11 heteroatoms. The number of fused-ring (bicyclic) bond motifs is 6. The van der Waals surface area contributed by atoms with Crippen molar-refractivity contribution in [3.8, 4) is 23.1 Å². The van der Waals surface area contributed by atoms with Crippen LogP contribution in [0.4, 0.5) is 14.0 Å². The molecule has 2 aromatic heterocycles. The van der Waals surface area contributed by atoms with Gasteiger partial charge < -0.3 is 19.4 Å². The Morgan fingerprint density at radius 1 is 0.784 bits per heavy atom. The minimum absolute atomic E-state index is 0.112. The van der Waals surface area contributed by atoms with Gasteiger partial charge in [0.15, 0.2) is 5.82 Å². The third kappa shape index (κ3) is 5.82. The number of piperidine rings is 2. The summed E-state index contributed by atoms with van der Waals surface area (Å²) in [6.07, 6.45) is 4.71. The number of likely N-dealkylation sites (tertiary alicyclic amines) is 2. The molecular weight excluding hydrogens is 647 g/mol. The standard InChI is InChI=1S/C40H43FN6O4/c1-39(2,3)50-37(48)46-29-16-23(29)18-31(46)35-42-27-12-10-22-13-20(9-11-25(22)33(27)44-35)7-8-21-14-26(41)34-28(15-21)43-36(45-34)32-19-24-17-30(24)47(32)38(49)51-40(4,5)6/h9,11,13-15,23-24,29-32H,10,12,16-19H2,1-6H3,(H,42,44)(H,43,45)/t23-,24-,29-,30-,31+,32+/m1/s1. The second-order valence-electron chi connectivity index (χ2n) is 17.0. The molecule has 0 unspecified atom stereocenters. The minimum atomic E-state index is -0.603. The van der Waals surface area contributed by atoms with Crippen LogP contribution in [-0.4, -0.2) is 65.2 Å². The van der Waals surface area contributed by atoms with Gasteiger partial charge in [-0.25, -0.2) is 23.9 Å². The molecular formula is C40H43FN6O4. The van der Waals surface area contributed by atoms with E-state index >= 15 is 4.39 Å². The van der Waals surface area contributed by atoms with Crippen molar-refractivity contribution in [2.45, 2.75) is 115 Å². The van der Waals surface area contributed by atoms with Crippen molar-refractivity contribution in [2.75, 3.05) is 0 Å². The molecule has 2 aliphatic heterocycles. The molecule has 4 heterocycles. The van der Waals surface area contributed by atoms with Crippen LogP contribution in [-0.2, 0) is 22.3 Å². The molecule has 51 heavy (non-hydrogen) atoms.